The number of anilines is 1. The maximum Gasteiger partial charge on any atom is 0.254 e. The summed E-state index contributed by atoms with van der Waals surface area (Å²) in [6, 6.07) is 4.10. The van der Waals surface area contributed by atoms with Crippen molar-refractivity contribution < 1.29 is 19.5 Å². The van der Waals surface area contributed by atoms with Crippen LogP contribution < -0.4 is 11.1 Å². The predicted molar refractivity (Wildman–Crippen MR) is 73.4 cm³/mol. The number of nitrogens with two attached hydrogens (primary N) is 1. The van der Waals surface area contributed by atoms with Crippen molar-refractivity contribution in [1.82, 2.24) is 4.90 Å². The van der Waals surface area contributed by atoms with Crippen LogP contribution in [0.5, 0.6) is 0 Å². The molecular formula is C14H15N3O4. The minimum absolute atomic E-state index is 0.0840. The topological polar surface area (TPSA) is 113 Å². The lowest BCUT2D eigenvalue weighted by Crippen LogP contribution is -2.43. The number of hydrogen-bond acceptors (Lipinski definition) is 4. The van der Waals surface area contributed by atoms with Gasteiger partial charge in [-0.15, -0.1) is 0 Å². The van der Waals surface area contributed by atoms with Gasteiger partial charge >= 0.3 is 0 Å². The van der Waals surface area contributed by atoms with E-state index in [0.29, 0.717) is 11.3 Å². The molecule has 2 unspecified atom stereocenters. The number of primary amides is 1. The number of nitrogens with one attached hydrogen (secondary N) is 1. The quantitative estimate of drug-likeness (QED) is 0.664. The van der Waals surface area contributed by atoms with Crippen LogP contribution in [0.3, 0.4) is 0 Å². The van der Waals surface area contributed by atoms with Crippen molar-refractivity contribution in [3.63, 3.8) is 0 Å². The Morgan fingerprint density at radius 2 is 2.14 bits per heavy atom. The molecule has 1 saturated heterocycles. The van der Waals surface area contributed by atoms with Crippen LogP contribution in [0.4, 0.5) is 5.69 Å². The van der Waals surface area contributed by atoms with Crippen LogP contribution in [0.25, 0.3) is 0 Å². The SMILES string of the molecule is NC(=O)C1CC(O)CN1C(=O)c1ccc2c(c1)CC(=O)N2. The molecular weight excluding hydrogens is 274 g/mol. The van der Waals surface area contributed by atoms with Gasteiger partial charge in [0.2, 0.25) is 11.8 Å². The minimum Gasteiger partial charge on any atom is -0.391 e. The van der Waals surface area contributed by atoms with Gasteiger partial charge in [0, 0.05) is 24.2 Å². The van der Waals surface area contributed by atoms with Crippen molar-refractivity contribution in [2.75, 3.05) is 11.9 Å². The third-order valence-corrected chi connectivity index (χ3v) is 3.85. The zero-order chi connectivity index (χ0) is 15.1. The third kappa shape index (κ3) is 2.36. The molecule has 110 valence electrons. The Kier molecular flexibility index (Phi) is 3.13. The van der Waals surface area contributed by atoms with Crippen LogP contribution >= 0.6 is 0 Å². The van der Waals surface area contributed by atoms with Gasteiger partial charge in [0.1, 0.15) is 6.04 Å². The molecule has 0 aromatic heterocycles. The van der Waals surface area contributed by atoms with Gasteiger partial charge in [-0.05, 0) is 23.8 Å². The fourth-order valence-corrected chi connectivity index (χ4v) is 2.84. The molecule has 1 aromatic rings. The van der Waals surface area contributed by atoms with Crippen LogP contribution in [-0.2, 0) is 16.0 Å². The van der Waals surface area contributed by atoms with Gasteiger partial charge in [-0.2, -0.15) is 0 Å². The second-order valence-corrected chi connectivity index (χ2v) is 5.36. The van der Waals surface area contributed by atoms with E-state index < -0.39 is 18.1 Å². The van der Waals surface area contributed by atoms with Crippen molar-refractivity contribution >= 4 is 23.4 Å². The van der Waals surface area contributed by atoms with Gasteiger partial charge < -0.3 is 21.1 Å². The molecule has 3 amide bonds. The van der Waals surface area contributed by atoms with Crippen molar-refractivity contribution in [2.24, 2.45) is 5.73 Å². The number of rotatable bonds is 2. The highest BCUT2D eigenvalue weighted by Gasteiger charge is 2.38. The van der Waals surface area contributed by atoms with Crippen LogP contribution in [0.2, 0.25) is 0 Å². The van der Waals surface area contributed by atoms with Crippen LogP contribution in [0.15, 0.2) is 18.2 Å². The summed E-state index contributed by atoms with van der Waals surface area (Å²) in [5.74, 6) is -1.10. The Labute approximate surface area is 120 Å². The van der Waals surface area contributed by atoms with E-state index in [0.717, 1.165) is 5.56 Å². The van der Waals surface area contributed by atoms with E-state index in [1.807, 2.05) is 0 Å². The summed E-state index contributed by atoms with van der Waals surface area (Å²) < 4.78 is 0. The first kappa shape index (κ1) is 13.6. The monoisotopic (exact) mass is 289 g/mol. The van der Waals surface area contributed by atoms with E-state index in [4.69, 9.17) is 5.73 Å². The van der Waals surface area contributed by atoms with Crippen molar-refractivity contribution in [3.05, 3.63) is 29.3 Å². The highest BCUT2D eigenvalue weighted by molar-refractivity contribution is 6.02. The summed E-state index contributed by atoms with van der Waals surface area (Å²) in [4.78, 5) is 36.5. The van der Waals surface area contributed by atoms with Gasteiger partial charge in [-0.1, -0.05) is 0 Å². The minimum atomic E-state index is -0.791. The number of fused-ring (bicyclic) bond motifs is 1. The highest BCUT2D eigenvalue weighted by atomic mass is 16.3. The summed E-state index contributed by atoms with van der Waals surface area (Å²) in [5.41, 5.74) is 7.11. The maximum absolute atomic E-state index is 12.5. The number of amides is 3. The average molecular weight is 289 g/mol. The molecule has 1 aromatic carbocycles. The molecule has 3 rings (SSSR count). The lowest BCUT2D eigenvalue weighted by atomic mass is 10.1. The lowest BCUT2D eigenvalue weighted by Gasteiger charge is -2.22. The number of likely N-dealkylation sites (tertiary alicyclic amines) is 1. The average Bonchev–Trinajstić information content (AvgIpc) is 2.98. The van der Waals surface area contributed by atoms with Crippen LogP contribution in [0.1, 0.15) is 22.3 Å². The van der Waals surface area contributed by atoms with Gasteiger partial charge in [0.05, 0.1) is 12.5 Å². The number of carbonyl (C=O) groups is 3. The largest absolute Gasteiger partial charge is 0.391 e. The van der Waals surface area contributed by atoms with E-state index >= 15 is 0 Å². The number of benzene rings is 1. The van der Waals surface area contributed by atoms with E-state index in [9.17, 15) is 19.5 Å². The van der Waals surface area contributed by atoms with Crippen molar-refractivity contribution in [1.29, 1.82) is 0 Å². The standard InChI is InChI=1S/C14H15N3O4/c15-13(20)11-5-9(18)6-17(11)14(21)7-1-2-10-8(3-7)4-12(19)16-10/h1-3,9,11,18H,4-6H2,(H2,15,20)(H,16,19). The number of hydrogen-bond donors (Lipinski definition) is 3. The predicted octanol–water partition coefficient (Wildman–Crippen LogP) is -0.758. The Bertz CT molecular complexity index is 643. The number of nitrogens with zero attached hydrogens (tertiary/aromatic N) is 1. The number of aliphatic hydroxyl groups excluding tert-OH is 1. The summed E-state index contributed by atoms with van der Waals surface area (Å²) in [6.45, 7) is 0.0840. The first-order valence-corrected chi connectivity index (χ1v) is 6.67. The number of β-amino-alcohol motifs (C(OH)–C–C–N with tert-alkyl or cyclic N) is 1. The molecule has 2 aliphatic heterocycles. The molecule has 1 fully saturated rings. The molecule has 7 heteroatoms. The van der Waals surface area contributed by atoms with Gasteiger partial charge in [0.15, 0.2) is 0 Å². The number of aliphatic hydroxyl groups is 1. The van der Waals surface area contributed by atoms with Crippen molar-refractivity contribution in [3.8, 4) is 0 Å². The Balaban J connectivity index is 1.87. The smallest absolute Gasteiger partial charge is 0.254 e. The third-order valence-electron chi connectivity index (χ3n) is 3.85. The highest BCUT2D eigenvalue weighted by Crippen LogP contribution is 2.26. The number of carbonyl (C=O) groups excluding carboxylic acids is 3. The fourth-order valence-electron chi connectivity index (χ4n) is 2.84. The van der Waals surface area contributed by atoms with Crippen LogP contribution in [0, 0.1) is 0 Å². The van der Waals surface area contributed by atoms with Crippen molar-refractivity contribution in [2.45, 2.75) is 25.0 Å². The molecule has 2 atom stereocenters. The molecule has 0 bridgehead atoms. The molecule has 0 aliphatic carbocycles. The first-order chi connectivity index (χ1) is 9.95. The summed E-state index contributed by atoms with van der Waals surface area (Å²) in [7, 11) is 0. The second kappa shape index (κ2) is 4.85. The zero-order valence-corrected chi connectivity index (χ0v) is 11.2. The summed E-state index contributed by atoms with van der Waals surface area (Å²) >= 11 is 0. The molecule has 4 N–H and O–H groups in total. The molecule has 21 heavy (non-hydrogen) atoms. The van der Waals surface area contributed by atoms with Gasteiger partial charge in [0.25, 0.3) is 5.91 Å². The van der Waals surface area contributed by atoms with E-state index in [-0.39, 0.29) is 31.2 Å². The zero-order valence-electron chi connectivity index (χ0n) is 11.2. The van der Waals surface area contributed by atoms with Gasteiger partial charge in [-0.25, -0.2) is 0 Å². The van der Waals surface area contributed by atoms with E-state index in [1.54, 1.807) is 18.2 Å². The molecule has 7 nitrogen and oxygen atoms in total. The normalized spacial score (nSPS) is 23.9. The van der Waals surface area contributed by atoms with E-state index in [1.165, 1.54) is 4.90 Å². The first-order valence-electron chi connectivity index (χ1n) is 6.67. The van der Waals surface area contributed by atoms with Crippen LogP contribution in [-0.4, -0.2) is 46.4 Å². The fraction of sp³-hybridized carbons (Fsp3) is 0.357. The Morgan fingerprint density at radius 1 is 1.38 bits per heavy atom. The van der Waals surface area contributed by atoms with E-state index in [2.05, 4.69) is 5.32 Å². The Morgan fingerprint density at radius 3 is 2.86 bits per heavy atom. The molecule has 2 heterocycles. The van der Waals surface area contributed by atoms with Gasteiger partial charge in [-0.3, -0.25) is 14.4 Å². The molecule has 0 saturated carbocycles. The molecule has 0 radical (unpaired) electrons. The molecule has 0 spiro atoms. The second-order valence-electron chi connectivity index (χ2n) is 5.36. The Hall–Kier alpha value is -2.41. The summed E-state index contributed by atoms with van der Waals surface area (Å²) in [6.07, 6.45) is -0.353. The summed E-state index contributed by atoms with van der Waals surface area (Å²) in [5, 5.41) is 12.3. The lowest BCUT2D eigenvalue weighted by molar-refractivity contribution is -0.121. The molecule has 2 aliphatic rings. The maximum atomic E-state index is 12.5.